The van der Waals surface area contributed by atoms with Gasteiger partial charge in [-0.05, 0) is 55.4 Å². The van der Waals surface area contributed by atoms with E-state index in [4.69, 9.17) is 14.2 Å². The molecule has 13 heteroatoms. The van der Waals surface area contributed by atoms with Crippen LogP contribution in [0, 0.1) is 0 Å². The van der Waals surface area contributed by atoms with Gasteiger partial charge in [-0.25, -0.2) is 19.3 Å². The standard InChI is InChI=1S/C25H34F2N6O5/c1-15(2)30-22(34)36-14-25(26,27)13-35-18-11-17(32-33-10-9-28-19(18)33)16-12-29-21(38-24(6,7)8)31-20(16)37-23(3,4)5/h9-12,15H,13-14H2,1-8H3,(H,30,34). The molecule has 0 aliphatic rings. The van der Waals surface area contributed by atoms with Crippen LogP contribution in [0.1, 0.15) is 55.4 Å². The van der Waals surface area contributed by atoms with Gasteiger partial charge < -0.3 is 24.3 Å². The lowest BCUT2D eigenvalue weighted by Crippen LogP contribution is -2.37. The minimum Gasteiger partial charge on any atom is -0.483 e. The van der Waals surface area contributed by atoms with Crippen molar-refractivity contribution in [3.05, 3.63) is 24.7 Å². The maximum Gasteiger partial charge on any atom is 0.407 e. The summed E-state index contributed by atoms with van der Waals surface area (Å²) in [6, 6.07) is 1.31. The maximum atomic E-state index is 14.5. The number of carbonyl (C=O) groups is 1. The predicted molar refractivity (Wildman–Crippen MR) is 135 cm³/mol. The Morgan fingerprint density at radius 3 is 2.37 bits per heavy atom. The van der Waals surface area contributed by atoms with Gasteiger partial charge in [0, 0.05) is 30.7 Å². The summed E-state index contributed by atoms with van der Waals surface area (Å²) in [6.45, 7) is 12.3. The zero-order chi connectivity index (χ0) is 28.3. The van der Waals surface area contributed by atoms with Gasteiger partial charge in [-0.15, -0.1) is 0 Å². The molecule has 0 aliphatic carbocycles. The number of halogens is 2. The molecule has 1 amide bonds. The third-order valence-corrected chi connectivity index (χ3v) is 4.39. The first-order chi connectivity index (χ1) is 17.5. The van der Waals surface area contributed by atoms with Gasteiger partial charge in [0.25, 0.3) is 0 Å². The highest BCUT2D eigenvalue weighted by molar-refractivity contribution is 5.69. The molecule has 0 saturated carbocycles. The van der Waals surface area contributed by atoms with E-state index in [1.54, 1.807) is 20.0 Å². The van der Waals surface area contributed by atoms with E-state index in [1.165, 1.54) is 23.0 Å². The van der Waals surface area contributed by atoms with Crippen LogP contribution in [0.15, 0.2) is 24.7 Å². The van der Waals surface area contributed by atoms with Gasteiger partial charge in [0.15, 0.2) is 24.6 Å². The summed E-state index contributed by atoms with van der Waals surface area (Å²) in [5.74, 6) is -3.24. The zero-order valence-corrected chi connectivity index (χ0v) is 22.8. The number of ether oxygens (including phenoxy) is 4. The third-order valence-electron chi connectivity index (χ3n) is 4.39. The average Bonchev–Trinajstić information content (AvgIpc) is 3.22. The van der Waals surface area contributed by atoms with Crippen molar-refractivity contribution < 1.29 is 32.5 Å². The number of nitrogens with zero attached hydrogens (tertiary/aromatic N) is 5. The highest BCUT2D eigenvalue weighted by Gasteiger charge is 2.33. The first kappa shape index (κ1) is 28.8. The number of alkyl carbamates (subject to hydrolysis) is 1. The number of fused-ring (bicyclic) bond motifs is 1. The minimum absolute atomic E-state index is 0.0306. The van der Waals surface area contributed by atoms with Gasteiger partial charge in [-0.3, -0.25) is 0 Å². The molecule has 0 radical (unpaired) electrons. The molecule has 3 heterocycles. The SMILES string of the molecule is CC(C)NC(=O)OCC(F)(F)COc1cc(-c2cnc(OC(C)(C)C)nc2OC(C)(C)C)nn2ccnc12. The lowest BCUT2D eigenvalue weighted by Gasteiger charge is -2.24. The second kappa shape index (κ2) is 10.9. The molecule has 0 atom stereocenters. The Labute approximate surface area is 219 Å². The Morgan fingerprint density at radius 2 is 1.74 bits per heavy atom. The number of alkyl halides is 2. The number of amides is 1. The average molecular weight is 537 g/mol. The van der Waals surface area contributed by atoms with Crippen molar-refractivity contribution in [1.82, 2.24) is 29.9 Å². The number of hydrogen-bond acceptors (Lipinski definition) is 9. The third kappa shape index (κ3) is 8.38. The summed E-state index contributed by atoms with van der Waals surface area (Å²) in [7, 11) is 0. The molecule has 1 N–H and O–H groups in total. The van der Waals surface area contributed by atoms with Gasteiger partial charge >= 0.3 is 18.0 Å². The molecular weight excluding hydrogens is 502 g/mol. The number of nitrogens with one attached hydrogen (secondary N) is 1. The monoisotopic (exact) mass is 536 g/mol. The number of carbonyl (C=O) groups excluding carboxylic acids is 1. The maximum absolute atomic E-state index is 14.5. The van der Waals surface area contributed by atoms with Crippen molar-refractivity contribution in [2.24, 2.45) is 0 Å². The molecule has 3 rings (SSSR count). The van der Waals surface area contributed by atoms with Gasteiger partial charge in [0.2, 0.25) is 5.88 Å². The Morgan fingerprint density at radius 1 is 1.05 bits per heavy atom. The van der Waals surface area contributed by atoms with Crippen LogP contribution in [-0.2, 0) is 4.74 Å². The molecule has 0 aromatic carbocycles. The van der Waals surface area contributed by atoms with E-state index in [0.717, 1.165) is 0 Å². The molecule has 0 spiro atoms. The summed E-state index contributed by atoms with van der Waals surface area (Å²) in [5.41, 5.74) is -0.260. The molecule has 3 aromatic rings. The van der Waals surface area contributed by atoms with Gasteiger partial charge in [-0.1, -0.05) is 0 Å². The van der Waals surface area contributed by atoms with E-state index >= 15 is 0 Å². The van der Waals surface area contributed by atoms with Crippen molar-refractivity contribution in [1.29, 1.82) is 0 Å². The molecule has 0 fully saturated rings. The largest absolute Gasteiger partial charge is 0.483 e. The Kier molecular flexibility index (Phi) is 8.27. The molecule has 3 aromatic heterocycles. The van der Waals surface area contributed by atoms with Crippen LogP contribution in [-0.4, -0.2) is 67.0 Å². The summed E-state index contributed by atoms with van der Waals surface area (Å²) in [4.78, 5) is 24.4. The zero-order valence-electron chi connectivity index (χ0n) is 22.8. The quantitative estimate of drug-likeness (QED) is 0.415. The smallest absolute Gasteiger partial charge is 0.407 e. The Balaban J connectivity index is 1.91. The van der Waals surface area contributed by atoms with Gasteiger partial charge in [0.1, 0.15) is 16.9 Å². The van der Waals surface area contributed by atoms with Crippen molar-refractivity contribution in [2.75, 3.05) is 13.2 Å². The summed E-state index contributed by atoms with van der Waals surface area (Å²) < 4.78 is 52.2. The number of hydrogen-bond donors (Lipinski definition) is 1. The molecule has 208 valence electrons. The normalized spacial score (nSPS) is 12.5. The van der Waals surface area contributed by atoms with Crippen molar-refractivity contribution in [3.63, 3.8) is 0 Å². The fraction of sp³-hybridized carbons (Fsp3) is 0.560. The molecule has 38 heavy (non-hydrogen) atoms. The number of rotatable bonds is 9. The summed E-state index contributed by atoms with van der Waals surface area (Å²) in [6.07, 6.45) is 3.55. The number of imidazole rings is 1. The van der Waals surface area contributed by atoms with Crippen molar-refractivity contribution >= 4 is 11.7 Å². The highest BCUT2D eigenvalue weighted by atomic mass is 19.3. The van der Waals surface area contributed by atoms with E-state index in [9.17, 15) is 13.6 Å². The lowest BCUT2D eigenvalue weighted by molar-refractivity contribution is -0.0829. The van der Waals surface area contributed by atoms with Crippen LogP contribution in [0.4, 0.5) is 13.6 Å². The Hall–Kier alpha value is -3.77. The predicted octanol–water partition coefficient (Wildman–Crippen LogP) is 4.69. The summed E-state index contributed by atoms with van der Waals surface area (Å²) >= 11 is 0. The first-order valence-corrected chi connectivity index (χ1v) is 12.1. The van der Waals surface area contributed by atoms with E-state index in [0.29, 0.717) is 11.3 Å². The fourth-order valence-corrected chi connectivity index (χ4v) is 3.02. The van der Waals surface area contributed by atoms with E-state index in [2.05, 4.69) is 30.1 Å². The summed E-state index contributed by atoms with van der Waals surface area (Å²) in [5, 5.41) is 6.88. The van der Waals surface area contributed by atoms with Crippen molar-refractivity contribution in [3.8, 4) is 28.9 Å². The molecule has 0 saturated heterocycles. The van der Waals surface area contributed by atoms with Crippen LogP contribution in [0.2, 0.25) is 0 Å². The first-order valence-electron chi connectivity index (χ1n) is 12.1. The fourth-order valence-electron chi connectivity index (χ4n) is 3.02. The van der Waals surface area contributed by atoms with E-state index in [-0.39, 0.29) is 29.3 Å². The second-order valence-corrected chi connectivity index (χ2v) is 10.9. The Bertz CT molecular complexity index is 1270. The van der Waals surface area contributed by atoms with E-state index < -0.39 is 36.4 Å². The van der Waals surface area contributed by atoms with Crippen LogP contribution in [0.3, 0.4) is 0 Å². The molecule has 0 aliphatic heterocycles. The van der Waals surface area contributed by atoms with Gasteiger partial charge in [-0.2, -0.15) is 18.9 Å². The van der Waals surface area contributed by atoms with Crippen LogP contribution >= 0.6 is 0 Å². The van der Waals surface area contributed by atoms with Crippen LogP contribution < -0.4 is 19.5 Å². The highest BCUT2D eigenvalue weighted by Crippen LogP contribution is 2.34. The van der Waals surface area contributed by atoms with Gasteiger partial charge in [0.05, 0.1) is 5.56 Å². The second-order valence-electron chi connectivity index (χ2n) is 10.9. The van der Waals surface area contributed by atoms with E-state index in [1.807, 2.05) is 41.5 Å². The topological polar surface area (TPSA) is 122 Å². The minimum atomic E-state index is -3.46. The molecule has 11 nitrogen and oxygen atoms in total. The number of aromatic nitrogens is 5. The van der Waals surface area contributed by atoms with Crippen molar-refractivity contribution in [2.45, 2.75) is 78.6 Å². The lowest BCUT2D eigenvalue weighted by atomic mass is 10.1. The molecule has 0 bridgehead atoms. The molecular formula is C25H34F2N6O5. The van der Waals surface area contributed by atoms with Crippen LogP contribution in [0.5, 0.6) is 17.6 Å². The van der Waals surface area contributed by atoms with Crippen LogP contribution in [0.25, 0.3) is 16.9 Å². The molecule has 0 unspecified atom stereocenters.